The molecular weight excluding hydrogens is 240 g/mol. The number of aryl methyl sites for hydroxylation is 3. The van der Waals surface area contributed by atoms with Crippen molar-refractivity contribution in [3.05, 3.63) is 52.6 Å². The summed E-state index contributed by atoms with van der Waals surface area (Å²) in [5.41, 5.74) is 7.43. The summed E-state index contributed by atoms with van der Waals surface area (Å²) < 4.78 is 12.3. The number of fused-ring (bicyclic) bond motifs is 3. The molecule has 1 unspecified atom stereocenters. The molecule has 1 aliphatic heterocycles. The van der Waals surface area contributed by atoms with Gasteiger partial charge in [-0.2, -0.15) is 0 Å². The second-order valence-electron chi connectivity index (χ2n) is 5.11. The van der Waals surface area contributed by atoms with Crippen molar-refractivity contribution in [2.75, 3.05) is 0 Å². The first-order valence-electron chi connectivity index (χ1n) is 6.16. The van der Waals surface area contributed by atoms with Gasteiger partial charge in [-0.05, 0) is 49.1 Å². The topological polar surface area (TPSA) is 17.1 Å². The SMILES string of the molecule is Cc1cc(C)c2c(c1)CS(=O)c1ccc(C)cc1-2. The zero-order chi connectivity index (χ0) is 12.9. The molecule has 18 heavy (non-hydrogen) atoms. The third-order valence-corrected chi connectivity index (χ3v) is 4.92. The summed E-state index contributed by atoms with van der Waals surface area (Å²) in [5, 5.41) is 0. The van der Waals surface area contributed by atoms with Gasteiger partial charge >= 0.3 is 0 Å². The quantitative estimate of drug-likeness (QED) is 0.698. The van der Waals surface area contributed by atoms with E-state index in [1.807, 2.05) is 12.1 Å². The van der Waals surface area contributed by atoms with Gasteiger partial charge < -0.3 is 0 Å². The Morgan fingerprint density at radius 2 is 1.78 bits per heavy atom. The van der Waals surface area contributed by atoms with Crippen LogP contribution < -0.4 is 0 Å². The summed E-state index contributed by atoms with van der Waals surface area (Å²) in [6, 6.07) is 10.6. The summed E-state index contributed by atoms with van der Waals surface area (Å²) in [7, 11) is -0.901. The van der Waals surface area contributed by atoms with Crippen LogP contribution in [0, 0.1) is 20.8 Å². The molecule has 0 bridgehead atoms. The zero-order valence-corrected chi connectivity index (χ0v) is 11.7. The summed E-state index contributed by atoms with van der Waals surface area (Å²) in [5.74, 6) is 0.647. The van der Waals surface area contributed by atoms with Crippen LogP contribution in [-0.2, 0) is 16.6 Å². The van der Waals surface area contributed by atoms with Gasteiger partial charge in [-0.15, -0.1) is 0 Å². The van der Waals surface area contributed by atoms with Gasteiger partial charge in [0.15, 0.2) is 0 Å². The molecule has 0 N–H and O–H groups in total. The van der Waals surface area contributed by atoms with Crippen molar-refractivity contribution in [2.45, 2.75) is 31.4 Å². The fourth-order valence-electron chi connectivity index (χ4n) is 2.81. The Morgan fingerprint density at radius 3 is 2.56 bits per heavy atom. The molecular formula is C16H16OS. The lowest BCUT2D eigenvalue weighted by molar-refractivity contribution is 0.682. The van der Waals surface area contributed by atoms with E-state index in [9.17, 15) is 4.21 Å². The minimum atomic E-state index is -0.901. The molecule has 92 valence electrons. The van der Waals surface area contributed by atoms with Gasteiger partial charge in [0.2, 0.25) is 0 Å². The third kappa shape index (κ3) is 1.72. The average Bonchev–Trinajstić information content (AvgIpc) is 2.27. The monoisotopic (exact) mass is 256 g/mol. The second kappa shape index (κ2) is 4.06. The molecule has 2 heteroatoms. The van der Waals surface area contributed by atoms with Crippen molar-refractivity contribution in [3.8, 4) is 11.1 Å². The van der Waals surface area contributed by atoms with E-state index in [4.69, 9.17) is 0 Å². The average molecular weight is 256 g/mol. The van der Waals surface area contributed by atoms with Gasteiger partial charge in [-0.1, -0.05) is 35.4 Å². The van der Waals surface area contributed by atoms with Crippen LogP contribution in [0.15, 0.2) is 35.2 Å². The lowest BCUT2D eigenvalue weighted by atomic mass is 9.92. The largest absolute Gasteiger partial charge is 0.254 e. The van der Waals surface area contributed by atoms with Crippen LogP contribution in [0.5, 0.6) is 0 Å². The molecule has 0 saturated carbocycles. The molecule has 1 aliphatic rings. The Labute approximate surface area is 110 Å². The molecule has 0 aromatic heterocycles. The molecule has 0 radical (unpaired) electrons. The molecule has 1 atom stereocenters. The van der Waals surface area contributed by atoms with E-state index in [1.165, 1.54) is 27.8 Å². The highest BCUT2D eigenvalue weighted by molar-refractivity contribution is 7.84. The fourth-order valence-corrected chi connectivity index (χ4v) is 4.10. The summed E-state index contributed by atoms with van der Waals surface area (Å²) >= 11 is 0. The summed E-state index contributed by atoms with van der Waals surface area (Å²) in [4.78, 5) is 0.986. The highest BCUT2D eigenvalue weighted by Gasteiger charge is 2.23. The summed E-state index contributed by atoms with van der Waals surface area (Å²) in [6.07, 6.45) is 0. The second-order valence-corrected chi connectivity index (χ2v) is 6.52. The van der Waals surface area contributed by atoms with E-state index >= 15 is 0 Å². The van der Waals surface area contributed by atoms with Crippen LogP contribution in [0.25, 0.3) is 11.1 Å². The van der Waals surface area contributed by atoms with Gasteiger partial charge in [-0.25, -0.2) is 0 Å². The molecule has 2 aromatic carbocycles. The standard InChI is InChI=1S/C16H16OS/c1-10-4-5-15-14(8-10)16-12(3)6-11(2)7-13(16)9-18(15)17/h4-8H,9H2,1-3H3. The first-order valence-corrected chi connectivity index (χ1v) is 7.47. The van der Waals surface area contributed by atoms with Crippen molar-refractivity contribution >= 4 is 10.8 Å². The number of hydrogen-bond donors (Lipinski definition) is 0. The van der Waals surface area contributed by atoms with Crippen molar-refractivity contribution in [2.24, 2.45) is 0 Å². The molecule has 0 fully saturated rings. The molecule has 3 rings (SSSR count). The van der Waals surface area contributed by atoms with Gasteiger partial charge in [0.1, 0.15) is 0 Å². The number of rotatable bonds is 0. The Balaban J connectivity index is 2.37. The van der Waals surface area contributed by atoms with E-state index in [2.05, 4.69) is 39.0 Å². The lowest BCUT2D eigenvalue weighted by Crippen LogP contribution is -2.09. The molecule has 0 aliphatic carbocycles. The maximum atomic E-state index is 12.3. The van der Waals surface area contributed by atoms with Crippen LogP contribution in [0.4, 0.5) is 0 Å². The minimum Gasteiger partial charge on any atom is -0.254 e. The minimum absolute atomic E-state index is 0.647. The van der Waals surface area contributed by atoms with Crippen molar-refractivity contribution in [1.29, 1.82) is 0 Å². The molecule has 2 aromatic rings. The molecule has 0 spiro atoms. The first-order chi connectivity index (χ1) is 8.56. The Morgan fingerprint density at radius 1 is 1.00 bits per heavy atom. The van der Waals surface area contributed by atoms with E-state index in [0.29, 0.717) is 5.75 Å². The fraction of sp³-hybridized carbons (Fsp3) is 0.250. The molecule has 1 nitrogen and oxygen atoms in total. The molecule has 0 amide bonds. The predicted octanol–water partition coefficient (Wildman–Crippen LogP) is 3.90. The lowest BCUT2D eigenvalue weighted by Gasteiger charge is -2.22. The number of hydrogen-bond acceptors (Lipinski definition) is 1. The molecule has 0 saturated heterocycles. The normalized spacial score (nSPS) is 17.2. The maximum Gasteiger partial charge on any atom is 0.0580 e. The highest BCUT2D eigenvalue weighted by atomic mass is 32.2. The van der Waals surface area contributed by atoms with Crippen LogP contribution in [0.2, 0.25) is 0 Å². The van der Waals surface area contributed by atoms with E-state index in [-0.39, 0.29) is 0 Å². The van der Waals surface area contributed by atoms with Crippen molar-refractivity contribution in [1.82, 2.24) is 0 Å². The molecule has 1 heterocycles. The first kappa shape index (κ1) is 11.7. The van der Waals surface area contributed by atoms with Crippen LogP contribution >= 0.6 is 0 Å². The van der Waals surface area contributed by atoms with E-state index in [1.54, 1.807) is 0 Å². The zero-order valence-electron chi connectivity index (χ0n) is 10.9. The van der Waals surface area contributed by atoms with E-state index in [0.717, 1.165) is 10.5 Å². The van der Waals surface area contributed by atoms with Gasteiger partial charge in [0.25, 0.3) is 0 Å². The van der Waals surface area contributed by atoms with Crippen molar-refractivity contribution < 1.29 is 4.21 Å². The van der Waals surface area contributed by atoms with Crippen molar-refractivity contribution in [3.63, 3.8) is 0 Å². The highest BCUT2D eigenvalue weighted by Crippen LogP contribution is 2.39. The van der Waals surface area contributed by atoms with Gasteiger partial charge in [-0.3, -0.25) is 4.21 Å². The smallest absolute Gasteiger partial charge is 0.0580 e. The van der Waals surface area contributed by atoms with Gasteiger partial charge in [0.05, 0.1) is 16.6 Å². The van der Waals surface area contributed by atoms with E-state index < -0.39 is 10.8 Å². The third-order valence-electron chi connectivity index (χ3n) is 3.50. The van der Waals surface area contributed by atoms with Gasteiger partial charge in [0, 0.05) is 4.90 Å². The Kier molecular flexibility index (Phi) is 2.63. The Bertz CT molecular complexity index is 671. The van der Waals surface area contributed by atoms with Crippen LogP contribution in [0.3, 0.4) is 0 Å². The van der Waals surface area contributed by atoms with Crippen LogP contribution in [0.1, 0.15) is 22.3 Å². The number of benzene rings is 2. The predicted molar refractivity (Wildman–Crippen MR) is 76.2 cm³/mol. The van der Waals surface area contributed by atoms with Crippen LogP contribution in [-0.4, -0.2) is 4.21 Å². The Hall–Kier alpha value is -1.41. The maximum absolute atomic E-state index is 12.3. The summed E-state index contributed by atoms with van der Waals surface area (Å²) in [6.45, 7) is 6.33.